The molecule has 1 amide bonds. The number of nitrogens with zero attached hydrogens (tertiary/aromatic N) is 1. The minimum atomic E-state index is -1.81. The summed E-state index contributed by atoms with van der Waals surface area (Å²) in [6, 6.07) is 11.5. The number of rotatable bonds is 6. The first-order chi connectivity index (χ1) is 19.2. The van der Waals surface area contributed by atoms with Crippen molar-refractivity contribution in [2.45, 2.75) is 50.6 Å². The molecule has 0 aliphatic carbocycles. The van der Waals surface area contributed by atoms with Gasteiger partial charge in [-0.1, -0.05) is 62.2 Å². The number of carboxylic acid groups (broad SMARTS) is 1. The molecule has 1 saturated heterocycles. The lowest BCUT2D eigenvalue weighted by molar-refractivity contribution is -0.118. The number of nitriles is 1. The normalized spacial score (nSPS) is 22.2. The van der Waals surface area contributed by atoms with E-state index in [1.807, 2.05) is 20.8 Å². The SMILES string of the molecule is CC(C)(C)C[C@@H]1N[C@@H](C(=O)Nc2ccc(C(=O)O)cc2O)[C@H](c2cccc(Cl)c2F)[C@@]1(C#N)c1ccc(Cl)cc1F. The zero-order chi connectivity index (χ0) is 30.3. The fourth-order valence-corrected chi connectivity index (χ4v) is 5.88. The van der Waals surface area contributed by atoms with Gasteiger partial charge >= 0.3 is 5.97 Å². The lowest BCUT2D eigenvalue weighted by Gasteiger charge is -2.37. The van der Waals surface area contributed by atoms with Crippen LogP contribution in [-0.4, -0.2) is 34.2 Å². The third kappa shape index (κ3) is 5.73. The predicted octanol–water partition coefficient (Wildman–Crippen LogP) is 6.64. The van der Waals surface area contributed by atoms with Gasteiger partial charge in [-0.15, -0.1) is 0 Å². The lowest BCUT2D eigenvalue weighted by atomic mass is 9.62. The van der Waals surface area contributed by atoms with Gasteiger partial charge in [0.25, 0.3) is 0 Å². The minimum Gasteiger partial charge on any atom is -0.506 e. The molecule has 0 radical (unpaired) electrons. The highest BCUT2D eigenvalue weighted by molar-refractivity contribution is 6.31. The van der Waals surface area contributed by atoms with Crippen molar-refractivity contribution in [3.63, 3.8) is 0 Å². The number of hydrogen-bond donors (Lipinski definition) is 4. The molecule has 0 saturated carbocycles. The van der Waals surface area contributed by atoms with Crippen LogP contribution in [0.25, 0.3) is 0 Å². The van der Waals surface area contributed by atoms with Crippen molar-refractivity contribution < 1.29 is 28.6 Å². The van der Waals surface area contributed by atoms with Gasteiger partial charge in [-0.25, -0.2) is 13.6 Å². The van der Waals surface area contributed by atoms with Crippen LogP contribution in [0.5, 0.6) is 5.75 Å². The van der Waals surface area contributed by atoms with Crippen LogP contribution in [0, 0.1) is 28.4 Å². The molecule has 0 unspecified atom stereocenters. The van der Waals surface area contributed by atoms with E-state index in [1.54, 1.807) is 0 Å². The van der Waals surface area contributed by atoms with E-state index in [1.165, 1.54) is 42.5 Å². The van der Waals surface area contributed by atoms with Crippen molar-refractivity contribution in [1.82, 2.24) is 5.32 Å². The Morgan fingerprint density at radius 3 is 2.41 bits per heavy atom. The van der Waals surface area contributed by atoms with Crippen LogP contribution < -0.4 is 10.6 Å². The van der Waals surface area contributed by atoms with E-state index in [0.29, 0.717) is 0 Å². The molecule has 0 spiro atoms. The van der Waals surface area contributed by atoms with Gasteiger partial charge in [-0.2, -0.15) is 5.26 Å². The van der Waals surface area contributed by atoms with Gasteiger partial charge in [0, 0.05) is 22.5 Å². The summed E-state index contributed by atoms with van der Waals surface area (Å²) in [5.41, 5.74) is -2.69. The highest BCUT2D eigenvalue weighted by Gasteiger charge is 2.61. The first kappa shape index (κ1) is 30.3. The Bertz CT molecular complexity index is 1570. The number of benzene rings is 3. The molecule has 1 fully saturated rings. The van der Waals surface area contributed by atoms with E-state index in [0.717, 1.165) is 12.1 Å². The van der Waals surface area contributed by atoms with Crippen LogP contribution in [0.15, 0.2) is 54.6 Å². The van der Waals surface area contributed by atoms with E-state index in [4.69, 9.17) is 23.2 Å². The number of hydrogen-bond acceptors (Lipinski definition) is 5. The monoisotopic (exact) mass is 601 g/mol. The van der Waals surface area contributed by atoms with Gasteiger partial charge in [-0.05, 0) is 53.8 Å². The number of aromatic hydroxyl groups is 1. The lowest BCUT2D eigenvalue weighted by Crippen LogP contribution is -2.45. The first-order valence-electron chi connectivity index (χ1n) is 12.6. The third-order valence-electron chi connectivity index (χ3n) is 7.23. The van der Waals surface area contributed by atoms with E-state index >= 15 is 8.78 Å². The van der Waals surface area contributed by atoms with Gasteiger partial charge in [0.15, 0.2) is 0 Å². The predicted molar refractivity (Wildman–Crippen MR) is 151 cm³/mol. The summed E-state index contributed by atoms with van der Waals surface area (Å²) in [6.07, 6.45) is 0.281. The van der Waals surface area contributed by atoms with E-state index in [2.05, 4.69) is 16.7 Å². The van der Waals surface area contributed by atoms with Gasteiger partial charge < -0.3 is 20.8 Å². The van der Waals surface area contributed by atoms with Crippen molar-refractivity contribution in [1.29, 1.82) is 5.26 Å². The summed E-state index contributed by atoms with van der Waals surface area (Å²) in [5, 5.41) is 36.0. The highest BCUT2D eigenvalue weighted by atomic mass is 35.5. The molecule has 4 atom stereocenters. The maximum atomic E-state index is 15.7. The molecular weight excluding hydrogens is 575 g/mol. The summed E-state index contributed by atoms with van der Waals surface area (Å²) in [7, 11) is 0. The molecule has 3 aromatic carbocycles. The molecule has 214 valence electrons. The molecule has 4 rings (SSSR count). The van der Waals surface area contributed by atoms with Crippen LogP contribution in [0.1, 0.15) is 54.6 Å². The number of carbonyl (C=O) groups is 2. The average Bonchev–Trinajstić information content (AvgIpc) is 3.19. The van der Waals surface area contributed by atoms with E-state index in [9.17, 15) is 25.1 Å². The van der Waals surface area contributed by atoms with E-state index < -0.39 is 58.1 Å². The van der Waals surface area contributed by atoms with Crippen LogP contribution in [0.2, 0.25) is 10.0 Å². The Labute approximate surface area is 245 Å². The summed E-state index contributed by atoms with van der Waals surface area (Å²) in [6.45, 7) is 5.75. The number of nitrogens with one attached hydrogen (secondary N) is 2. The number of aromatic carboxylic acids is 1. The fourth-order valence-electron chi connectivity index (χ4n) is 5.54. The van der Waals surface area contributed by atoms with E-state index in [-0.39, 0.29) is 38.8 Å². The maximum Gasteiger partial charge on any atom is 0.335 e. The van der Waals surface area contributed by atoms with Crippen molar-refractivity contribution in [2.75, 3.05) is 5.32 Å². The smallest absolute Gasteiger partial charge is 0.335 e. The number of phenols is 1. The molecule has 1 aliphatic heterocycles. The standard InChI is InChI=1S/C30H27Cl2F2N3O4/c1-29(2,3)13-23-30(14-35,18-9-8-16(31)12-20(18)33)24(17-5-4-6-19(32)25(17)34)26(37-23)27(39)36-21-10-7-15(28(40)41)11-22(21)38/h4-12,23-24,26,37-38H,13H2,1-3H3,(H,36,39)(H,40,41)/t23-,24-,26+,30-/m0/s1. The van der Waals surface area contributed by atoms with Crippen molar-refractivity contribution >= 4 is 40.8 Å². The molecule has 1 aliphatic rings. The third-order valence-corrected chi connectivity index (χ3v) is 7.76. The maximum absolute atomic E-state index is 15.7. The number of carbonyl (C=O) groups excluding carboxylic acids is 1. The van der Waals surface area contributed by atoms with Gasteiger partial charge in [-0.3, -0.25) is 4.79 Å². The Hall–Kier alpha value is -3.71. The number of carboxylic acids is 1. The zero-order valence-electron chi connectivity index (χ0n) is 22.3. The molecule has 41 heavy (non-hydrogen) atoms. The quantitative estimate of drug-likeness (QED) is 0.235. The topological polar surface area (TPSA) is 122 Å². The van der Waals surface area contributed by atoms with Crippen molar-refractivity contribution in [2.24, 2.45) is 5.41 Å². The Morgan fingerprint density at radius 2 is 1.83 bits per heavy atom. The number of phenolic OH excluding ortho intramolecular Hbond substituents is 1. The van der Waals surface area contributed by atoms with Gasteiger partial charge in [0.1, 0.15) is 22.8 Å². The molecule has 4 N–H and O–H groups in total. The summed E-state index contributed by atoms with van der Waals surface area (Å²) >= 11 is 12.2. The van der Waals surface area contributed by atoms with Crippen LogP contribution in [0.3, 0.4) is 0 Å². The second kappa shape index (κ2) is 11.3. The Kier molecular flexibility index (Phi) is 8.33. The number of anilines is 1. The largest absolute Gasteiger partial charge is 0.506 e. The van der Waals surface area contributed by atoms with Crippen molar-refractivity contribution in [3.05, 3.63) is 93.0 Å². The summed E-state index contributed by atoms with van der Waals surface area (Å²) < 4.78 is 31.4. The van der Waals surface area contributed by atoms with Gasteiger partial charge in [0.2, 0.25) is 5.91 Å². The highest BCUT2D eigenvalue weighted by Crippen LogP contribution is 2.53. The first-order valence-corrected chi connectivity index (χ1v) is 13.4. The average molecular weight is 602 g/mol. The number of halogens is 4. The second-order valence-electron chi connectivity index (χ2n) is 11.2. The second-order valence-corrected chi connectivity index (χ2v) is 12.1. The molecule has 11 heteroatoms. The van der Waals surface area contributed by atoms with Crippen LogP contribution >= 0.6 is 23.2 Å². The molecule has 3 aromatic rings. The summed E-state index contributed by atoms with van der Waals surface area (Å²) in [4.78, 5) is 25.1. The molecule has 1 heterocycles. The molecule has 0 bridgehead atoms. The zero-order valence-corrected chi connectivity index (χ0v) is 23.8. The van der Waals surface area contributed by atoms with Gasteiger partial charge in [0.05, 0.1) is 28.4 Å². The Morgan fingerprint density at radius 1 is 1.12 bits per heavy atom. The minimum absolute atomic E-state index is 0.0699. The molecule has 7 nitrogen and oxygen atoms in total. The van der Waals surface area contributed by atoms with Crippen LogP contribution in [-0.2, 0) is 10.2 Å². The number of amides is 1. The van der Waals surface area contributed by atoms with Crippen molar-refractivity contribution in [3.8, 4) is 11.8 Å². The fraction of sp³-hybridized carbons (Fsp3) is 0.300. The molecular formula is C30H27Cl2F2N3O4. The summed E-state index contributed by atoms with van der Waals surface area (Å²) in [5.74, 6) is -5.51. The van der Waals surface area contributed by atoms with Crippen LogP contribution in [0.4, 0.5) is 14.5 Å². The molecule has 0 aromatic heterocycles. The Balaban J connectivity index is 1.94.